The van der Waals surface area contributed by atoms with E-state index in [0.717, 1.165) is 17.1 Å². The number of nitrogens with zero attached hydrogens (tertiary/aromatic N) is 1. The van der Waals surface area contributed by atoms with Gasteiger partial charge in [0, 0.05) is 42.3 Å². The molecule has 0 amide bonds. The molecule has 0 saturated heterocycles. The molecule has 1 nitrogen and oxygen atoms in total. The van der Waals surface area contributed by atoms with Gasteiger partial charge in [0.25, 0.3) is 0 Å². The largest absolute Gasteiger partial charge is 0.310 e. The molecule has 1 aromatic heterocycles. The van der Waals surface area contributed by atoms with Crippen molar-refractivity contribution < 1.29 is 0 Å². The number of thiophene rings is 1. The van der Waals surface area contributed by atoms with Crippen LogP contribution in [-0.2, 0) is 5.41 Å². The van der Waals surface area contributed by atoms with Crippen LogP contribution in [0.4, 0.5) is 17.1 Å². The molecule has 0 unspecified atom stereocenters. The summed E-state index contributed by atoms with van der Waals surface area (Å²) in [5.74, 6) is 0. The molecule has 2 heteroatoms. The molecule has 1 aliphatic carbocycles. The van der Waals surface area contributed by atoms with Crippen LogP contribution in [0.5, 0.6) is 0 Å². The van der Waals surface area contributed by atoms with E-state index < -0.39 is 0 Å². The molecule has 0 saturated carbocycles. The van der Waals surface area contributed by atoms with E-state index in [9.17, 15) is 0 Å². The van der Waals surface area contributed by atoms with Crippen LogP contribution in [0, 0.1) is 0 Å². The van der Waals surface area contributed by atoms with E-state index in [1.165, 1.54) is 75.5 Å². The summed E-state index contributed by atoms with van der Waals surface area (Å²) in [4.78, 5) is 2.51. The van der Waals surface area contributed by atoms with Crippen molar-refractivity contribution in [2.45, 2.75) is 19.3 Å². The molecular weight excluding hydrogens is 635 g/mol. The van der Waals surface area contributed by atoms with Crippen LogP contribution in [-0.4, -0.2) is 0 Å². The second-order valence-electron chi connectivity index (χ2n) is 14.1. The normalized spacial score (nSPS) is 13.1. The van der Waals surface area contributed by atoms with Gasteiger partial charge in [-0.25, -0.2) is 0 Å². The van der Waals surface area contributed by atoms with E-state index in [0.29, 0.717) is 0 Å². The minimum atomic E-state index is -0.116. The quantitative estimate of drug-likeness (QED) is 0.176. The lowest BCUT2D eigenvalue weighted by Crippen LogP contribution is -2.16. The van der Waals surface area contributed by atoms with Gasteiger partial charge in [0.2, 0.25) is 0 Å². The first-order valence-electron chi connectivity index (χ1n) is 17.7. The van der Waals surface area contributed by atoms with Gasteiger partial charge >= 0.3 is 0 Å². The van der Waals surface area contributed by atoms with Gasteiger partial charge in [0.1, 0.15) is 0 Å². The van der Waals surface area contributed by atoms with Crippen LogP contribution in [0.2, 0.25) is 0 Å². The summed E-state index contributed by atoms with van der Waals surface area (Å²) in [5.41, 5.74) is 13.7. The Bertz CT molecular complexity index is 2770. The Morgan fingerprint density at radius 1 is 0.412 bits per heavy atom. The number of anilines is 3. The molecule has 9 aromatic rings. The summed E-state index contributed by atoms with van der Waals surface area (Å²) in [6.45, 7) is 4.74. The van der Waals surface area contributed by atoms with E-state index in [4.69, 9.17) is 0 Å². The van der Waals surface area contributed by atoms with Crippen LogP contribution >= 0.6 is 11.3 Å². The third kappa shape index (κ3) is 4.67. The van der Waals surface area contributed by atoms with E-state index >= 15 is 0 Å². The van der Waals surface area contributed by atoms with Gasteiger partial charge in [-0.1, -0.05) is 147 Å². The summed E-state index contributed by atoms with van der Waals surface area (Å²) in [7, 11) is 0. The van der Waals surface area contributed by atoms with Gasteiger partial charge in [-0.2, -0.15) is 0 Å². The van der Waals surface area contributed by atoms with E-state index in [1.807, 2.05) is 11.3 Å². The summed E-state index contributed by atoms with van der Waals surface area (Å²) in [6.07, 6.45) is 0. The van der Waals surface area contributed by atoms with Crippen molar-refractivity contribution in [3.05, 3.63) is 187 Å². The lowest BCUT2D eigenvalue weighted by molar-refractivity contribution is 0.660. The molecular formula is C49H35NS. The monoisotopic (exact) mass is 669 g/mol. The average molecular weight is 670 g/mol. The molecule has 0 radical (unpaired) electrons. The van der Waals surface area contributed by atoms with Crippen LogP contribution in [0.25, 0.3) is 64.3 Å². The third-order valence-corrected chi connectivity index (χ3v) is 12.0. The molecule has 10 rings (SSSR count). The highest BCUT2D eigenvalue weighted by atomic mass is 32.1. The number of rotatable bonds is 5. The SMILES string of the molecule is CC1(C)c2ccccc2-c2ccc(N(c3ccc4sc5ccccc5c4c3)c3cc(-c4ccccc4)c(-c4ccccc4)c4ccccc34)cc21. The fourth-order valence-electron chi connectivity index (χ4n) is 8.41. The van der Waals surface area contributed by atoms with E-state index in [2.05, 4.69) is 195 Å². The van der Waals surface area contributed by atoms with Gasteiger partial charge in [-0.15, -0.1) is 11.3 Å². The summed E-state index contributed by atoms with van der Waals surface area (Å²) >= 11 is 1.87. The fourth-order valence-corrected chi connectivity index (χ4v) is 9.50. The molecule has 8 aromatic carbocycles. The number of hydrogen-bond acceptors (Lipinski definition) is 2. The highest BCUT2D eigenvalue weighted by Crippen LogP contribution is 2.52. The zero-order chi connectivity index (χ0) is 34.1. The Hall–Kier alpha value is -5.96. The first-order valence-corrected chi connectivity index (χ1v) is 18.5. The molecule has 0 N–H and O–H groups in total. The highest BCUT2D eigenvalue weighted by molar-refractivity contribution is 7.25. The molecule has 1 aliphatic rings. The van der Waals surface area contributed by atoms with Crippen LogP contribution in [0.3, 0.4) is 0 Å². The second-order valence-corrected chi connectivity index (χ2v) is 15.2. The third-order valence-electron chi connectivity index (χ3n) is 10.9. The maximum absolute atomic E-state index is 2.51. The first-order chi connectivity index (χ1) is 25.1. The van der Waals surface area contributed by atoms with Gasteiger partial charge in [0.05, 0.1) is 5.69 Å². The number of fused-ring (bicyclic) bond motifs is 7. The molecule has 51 heavy (non-hydrogen) atoms. The van der Waals surface area contributed by atoms with Gasteiger partial charge < -0.3 is 4.90 Å². The maximum atomic E-state index is 2.51. The molecule has 0 atom stereocenters. The smallest absolute Gasteiger partial charge is 0.0546 e. The van der Waals surface area contributed by atoms with Crippen LogP contribution in [0.15, 0.2) is 176 Å². The lowest BCUT2D eigenvalue weighted by Gasteiger charge is -2.30. The molecule has 242 valence electrons. The fraction of sp³-hybridized carbons (Fsp3) is 0.0612. The van der Waals surface area contributed by atoms with Gasteiger partial charge in [-0.05, 0) is 92.4 Å². The van der Waals surface area contributed by atoms with E-state index in [-0.39, 0.29) is 5.41 Å². The molecule has 1 heterocycles. The van der Waals surface area contributed by atoms with Crippen molar-refractivity contribution in [1.29, 1.82) is 0 Å². The summed E-state index contributed by atoms with van der Waals surface area (Å²) in [5, 5.41) is 5.05. The Morgan fingerprint density at radius 2 is 1.00 bits per heavy atom. The van der Waals surface area contributed by atoms with Crippen LogP contribution < -0.4 is 4.90 Å². The predicted octanol–water partition coefficient (Wildman–Crippen LogP) is 14.3. The standard InChI is InChI=1S/C49H35NS/c1-49(2)43-23-13-11-19-36(43)37-27-25-35(30-44(37)49)50(34-26-28-47-42(29-34)39-21-12-14-24-46(39)51-47)45-31-41(32-15-5-3-6-16-32)48(33-17-7-4-8-18-33)40-22-10-9-20-38(40)45/h3-31H,1-2H3. The molecule has 0 bridgehead atoms. The average Bonchev–Trinajstić information content (AvgIpc) is 3.67. The van der Waals surface area contributed by atoms with Crippen molar-refractivity contribution in [3.63, 3.8) is 0 Å². The molecule has 0 spiro atoms. The molecule has 0 aliphatic heterocycles. The summed E-state index contributed by atoms with van der Waals surface area (Å²) < 4.78 is 2.62. The number of benzene rings is 8. The van der Waals surface area contributed by atoms with Gasteiger partial charge in [0.15, 0.2) is 0 Å². The molecule has 0 fully saturated rings. The zero-order valence-electron chi connectivity index (χ0n) is 28.6. The Labute approximate surface area is 302 Å². The topological polar surface area (TPSA) is 3.24 Å². The predicted molar refractivity (Wildman–Crippen MR) is 220 cm³/mol. The Morgan fingerprint density at radius 3 is 1.80 bits per heavy atom. The van der Waals surface area contributed by atoms with E-state index in [1.54, 1.807) is 0 Å². The van der Waals surface area contributed by atoms with Gasteiger partial charge in [-0.3, -0.25) is 0 Å². The van der Waals surface area contributed by atoms with Crippen molar-refractivity contribution in [1.82, 2.24) is 0 Å². The minimum absolute atomic E-state index is 0.116. The minimum Gasteiger partial charge on any atom is -0.310 e. The van der Waals surface area contributed by atoms with Crippen molar-refractivity contribution in [2.24, 2.45) is 0 Å². The number of hydrogen-bond donors (Lipinski definition) is 0. The van der Waals surface area contributed by atoms with Crippen molar-refractivity contribution in [3.8, 4) is 33.4 Å². The Kier molecular flexibility index (Phi) is 6.78. The maximum Gasteiger partial charge on any atom is 0.0546 e. The highest BCUT2D eigenvalue weighted by Gasteiger charge is 2.36. The Balaban J connectivity index is 1.30. The van der Waals surface area contributed by atoms with Crippen LogP contribution in [0.1, 0.15) is 25.0 Å². The zero-order valence-corrected chi connectivity index (χ0v) is 29.4. The lowest BCUT2D eigenvalue weighted by atomic mass is 9.82. The first kappa shape index (κ1) is 29.9. The van der Waals surface area contributed by atoms with Crippen molar-refractivity contribution >= 4 is 59.3 Å². The summed E-state index contributed by atoms with van der Waals surface area (Å²) in [6, 6.07) is 65.0. The van der Waals surface area contributed by atoms with Crippen molar-refractivity contribution in [2.75, 3.05) is 4.90 Å². The second kappa shape index (κ2) is 11.6.